The Hall–Kier alpha value is -1.63. The van der Waals surface area contributed by atoms with Crippen molar-refractivity contribution in [3.05, 3.63) is 0 Å². The summed E-state index contributed by atoms with van der Waals surface area (Å²) < 4.78 is 9.96. The molecule has 2 aliphatic carbocycles. The van der Waals surface area contributed by atoms with Crippen LogP contribution in [-0.2, 0) is 23.9 Å². The van der Waals surface area contributed by atoms with Gasteiger partial charge in [0.25, 0.3) is 0 Å². The van der Waals surface area contributed by atoms with E-state index >= 15 is 0 Å². The summed E-state index contributed by atoms with van der Waals surface area (Å²) in [5.41, 5.74) is 4.01. The Balaban J connectivity index is 1.95. The first-order valence-electron chi connectivity index (χ1n) is 7.93. The van der Waals surface area contributed by atoms with Crippen LogP contribution in [0.5, 0.6) is 0 Å². The lowest BCUT2D eigenvalue weighted by atomic mass is 9.79. The summed E-state index contributed by atoms with van der Waals surface area (Å²) in [6, 6.07) is 0. The minimum absolute atomic E-state index is 0.144. The highest BCUT2D eigenvalue weighted by Crippen LogP contribution is 2.52. The Kier molecular flexibility index (Phi) is 4.71. The number of esters is 2. The summed E-state index contributed by atoms with van der Waals surface area (Å²) in [5, 5.41) is 9.41. The molecule has 0 amide bonds. The minimum Gasteiger partial charge on any atom is -0.480 e. The Labute approximate surface area is 135 Å². The maximum atomic E-state index is 12.3. The van der Waals surface area contributed by atoms with E-state index in [4.69, 9.17) is 15.2 Å². The number of carboxylic acids is 1. The van der Waals surface area contributed by atoms with Gasteiger partial charge in [-0.2, -0.15) is 0 Å². The topological polar surface area (TPSA) is 116 Å². The van der Waals surface area contributed by atoms with Crippen molar-refractivity contribution in [3.8, 4) is 0 Å². The number of hydrogen-bond donors (Lipinski definition) is 2. The van der Waals surface area contributed by atoms with Gasteiger partial charge in [-0.1, -0.05) is 0 Å². The van der Waals surface area contributed by atoms with Crippen molar-refractivity contribution in [3.63, 3.8) is 0 Å². The molecule has 0 aliphatic heterocycles. The number of aliphatic carboxylic acids is 1. The molecule has 7 nitrogen and oxygen atoms in total. The summed E-state index contributed by atoms with van der Waals surface area (Å²) in [5.74, 6) is -2.87. The molecule has 0 saturated heterocycles. The summed E-state index contributed by atoms with van der Waals surface area (Å²) >= 11 is 0. The number of carbonyl (C=O) groups excluding carboxylic acids is 2. The molecule has 0 aromatic rings. The van der Waals surface area contributed by atoms with Crippen LogP contribution in [0, 0.1) is 23.2 Å². The largest absolute Gasteiger partial charge is 0.480 e. The Morgan fingerprint density at radius 1 is 1.17 bits per heavy atom. The zero-order valence-corrected chi connectivity index (χ0v) is 13.8. The van der Waals surface area contributed by atoms with E-state index in [-0.39, 0.29) is 5.92 Å². The van der Waals surface area contributed by atoms with Crippen LogP contribution in [0.4, 0.5) is 0 Å². The van der Waals surface area contributed by atoms with Crippen LogP contribution >= 0.6 is 0 Å². The SMILES string of the molecule is CC(C)(C)C(=O)OCOC(=O)[C@H]1CC[C@H]2CC[C@@](N)(C(=O)O)[C@@H]21. The maximum Gasteiger partial charge on any atom is 0.324 e. The van der Waals surface area contributed by atoms with E-state index in [1.807, 2.05) is 0 Å². The fourth-order valence-electron chi connectivity index (χ4n) is 3.75. The van der Waals surface area contributed by atoms with Gasteiger partial charge in [-0.25, -0.2) is 0 Å². The zero-order valence-electron chi connectivity index (χ0n) is 13.8. The molecule has 0 radical (unpaired) electrons. The van der Waals surface area contributed by atoms with Crippen molar-refractivity contribution < 1.29 is 29.0 Å². The quantitative estimate of drug-likeness (QED) is 0.590. The second-order valence-electron chi connectivity index (χ2n) is 7.62. The molecule has 0 unspecified atom stereocenters. The van der Waals surface area contributed by atoms with Gasteiger partial charge < -0.3 is 20.3 Å². The van der Waals surface area contributed by atoms with Crippen molar-refractivity contribution in [2.24, 2.45) is 28.9 Å². The normalized spacial score (nSPS) is 33.1. The monoisotopic (exact) mass is 327 g/mol. The molecule has 130 valence electrons. The third-order valence-corrected chi connectivity index (χ3v) is 5.02. The van der Waals surface area contributed by atoms with E-state index in [0.29, 0.717) is 12.8 Å². The molecule has 0 heterocycles. The van der Waals surface area contributed by atoms with Crippen LogP contribution in [0.25, 0.3) is 0 Å². The van der Waals surface area contributed by atoms with Crippen molar-refractivity contribution >= 4 is 17.9 Å². The fraction of sp³-hybridized carbons (Fsp3) is 0.812. The average molecular weight is 327 g/mol. The summed E-state index contributed by atoms with van der Waals surface area (Å²) in [7, 11) is 0. The first kappa shape index (κ1) is 17.7. The van der Waals surface area contributed by atoms with Crippen molar-refractivity contribution in [2.75, 3.05) is 6.79 Å². The molecule has 2 rings (SSSR count). The number of ether oxygens (including phenoxy) is 2. The molecule has 0 aromatic carbocycles. The highest BCUT2D eigenvalue weighted by molar-refractivity contribution is 5.82. The van der Waals surface area contributed by atoms with Gasteiger partial charge in [0.2, 0.25) is 6.79 Å². The van der Waals surface area contributed by atoms with Gasteiger partial charge in [-0.3, -0.25) is 14.4 Å². The number of hydrogen-bond acceptors (Lipinski definition) is 6. The van der Waals surface area contributed by atoms with E-state index in [1.165, 1.54) is 0 Å². The lowest BCUT2D eigenvalue weighted by Gasteiger charge is -2.30. The first-order valence-corrected chi connectivity index (χ1v) is 7.93. The predicted octanol–water partition coefficient (Wildman–Crippen LogP) is 1.29. The third kappa shape index (κ3) is 3.34. The average Bonchev–Trinajstić information content (AvgIpc) is 3.00. The Morgan fingerprint density at radius 3 is 2.39 bits per heavy atom. The van der Waals surface area contributed by atoms with Crippen LogP contribution in [-0.4, -0.2) is 35.3 Å². The van der Waals surface area contributed by atoms with Gasteiger partial charge in [0.1, 0.15) is 5.54 Å². The van der Waals surface area contributed by atoms with E-state index in [0.717, 1.165) is 12.8 Å². The number of carboxylic acid groups (broad SMARTS) is 1. The van der Waals surface area contributed by atoms with Crippen LogP contribution in [0.15, 0.2) is 0 Å². The molecule has 0 bridgehead atoms. The molecular formula is C16H25NO6. The highest BCUT2D eigenvalue weighted by Gasteiger charge is 2.58. The van der Waals surface area contributed by atoms with Gasteiger partial charge in [0.15, 0.2) is 0 Å². The number of nitrogens with two attached hydrogens (primary N) is 1. The van der Waals surface area contributed by atoms with Gasteiger partial charge >= 0.3 is 17.9 Å². The molecule has 0 spiro atoms. The van der Waals surface area contributed by atoms with Crippen molar-refractivity contribution in [2.45, 2.75) is 52.0 Å². The summed E-state index contributed by atoms with van der Waals surface area (Å²) in [4.78, 5) is 35.4. The lowest BCUT2D eigenvalue weighted by Crippen LogP contribution is -2.54. The van der Waals surface area contributed by atoms with E-state index in [2.05, 4.69) is 0 Å². The van der Waals surface area contributed by atoms with Crippen molar-refractivity contribution in [1.82, 2.24) is 0 Å². The molecule has 2 aliphatic rings. The van der Waals surface area contributed by atoms with Crippen LogP contribution in [0.1, 0.15) is 46.5 Å². The molecular weight excluding hydrogens is 302 g/mol. The predicted molar refractivity (Wildman–Crippen MR) is 80.0 cm³/mol. The molecule has 23 heavy (non-hydrogen) atoms. The smallest absolute Gasteiger partial charge is 0.324 e. The standard InChI is InChI=1S/C16H25NO6/c1-15(2,3)14(21)23-8-22-12(18)10-5-4-9-6-7-16(17,11(9)10)13(19)20/h9-11H,4-8,17H2,1-3H3,(H,19,20)/t9-,10-,11-,16-/m0/s1. The Bertz CT molecular complexity index is 511. The van der Waals surface area contributed by atoms with Crippen LogP contribution < -0.4 is 5.73 Å². The number of rotatable bonds is 4. The molecule has 2 fully saturated rings. The first-order chi connectivity index (χ1) is 10.6. The molecule has 7 heteroatoms. The second kappa shape index (κ2) is 6.11. The van der Waals surface area contributed by atoms with Crippen LogP contribution in [0.2, 0.25) is 0 Å². The van der Waals surface area contributed by atoms with Gasteiger partial charge in [-0.05, 0) is 52.4 Å². The maximum absolute atomic E-state index is 12.3. The molecule has 4 atom stereocenters. The molecule has 3 N–H and O–H groups in total. The zero-order chi connectivity index (χ0) is 17.4. The highest BCUT2D eigenvalue weighted by atomic mass is 16.7. The van der Waals surface area contributed by atoms with E-state index in [9.17, 15) is 19.5 Å². The van der Waals surface area contributed by atoms with Gasteiger partial charge in [-0.15, -0.1) is 0 Å². The molecule has 0 aromatic heterocycles. The van der Waals surface area contributed by atoms with Crippen LogP contribution in [0.3, 0.4) is 0 Å². The third-order valence-electron chi connectivity index (χ3n) is 5.02. The van der Waals surface area contributed by atoms with E-state index in [1.54, 1.807) is 20.8 Å². The Morgan fingerprint density at radius 2 is 1.83 bits per heavy atom. The second-order valence-corrected chi connectivity index (χ2v) is 7.62. The minimum atomic E-state index is -1.37. The van der Waals surface area contributed by atoms with E-state index < -0.39 is 47.5 Å². The molecule has 2 saturated carbocycles. The lowest BCUT2D eigenvalue weighted by molar-refractivity contribution is -0.176. The summed E-state index contributed by atoms with van der Waals surface area (Å²) in [6.45, 7) is 4.65. The summed E-state index contributed by atoms with van der Waals surface area (Å²) in [6.07, 6.45) is 2.43. The number of fused-ring (bicyclic) bond motifs is 1. The number of carbonyl (C=O) groups is 3. The van der Waals surface area contributed by atoms with Gasteiger partial charge in [0.05, 0.1) is 11.3 Å². The van der Waals surface area contributed by atoms with Gasteiger partial charge in [0, 0.05) is 5.92 Å². The van der Waals surface area contributed by atoms with Crippen molar-refractivity contribution in [1.29, 1.82) is 0 Å². The fourth-order valence-corrected chi connectivity index (χ4v) is 3.75.